The summed E-state index contributed by atoms with van der Waals surface area (Å²) in [6, 6.07) is 17.5. The Morgan fingerprint density at radius 2 is 1.18 bits per heavy atom. The van der Waals surface area contributed by atoms with Crippen LogP contribution in [-0.4, -0.2) is 12.6 Å². The van der Waals surface area contributed by atoms with E-state index in [1.165, 1.54) is 22.4 Å². The van der Waals surface area contributed by atoms with E-state index in [1.807, 2.05) is 0 Å². The van der Waals surface area contributed by atoms with E-state index in [4.69, 9.17) is 0 Å². The molecule has 0 aliphatic rings. The van der Waals surface area contributed by atoms with Crippen molar-refractivity contribution in [2.24, 2.45) is 0 Å². The van der Waals surface area contributed by atoms with Gasteiger partial charge in [0, 0.05) is 23.8 Å². The molecule has 2 aromatic carbocycles. The molecule has 0 bridgehead atoms. The topological polar surface area (TPSA) is 3.24 Å². The lowest BCUT2D eigenvalue weighted by molar-refractivity contribution is 0.539. The van der Waals surface area contributed by atoms with Crippen LogP contribution < -0.4 is 4.90 Å². The van der Waals surface area contributed by atoms with Crippen LogP contribution in [-0.2, 0) is 5.41 Å². The third kappa shape index (κ3) is 3.35. The summed E-state index contributed by atoms with van der Waals surface area (Å²) in [4.78, 5) is 2.36. The molecule has 0 aliphatic carbocycles. The van der Waals surface area contributed by atoms with Gasteiger partial charge in [0.2, 0.25) is 0 Å². The van der Waals surface area contributed by atoms with E-state index in [9.17, 15) is 0 Å². The molecule has 0 heterocycles. The van der Waals surface area contributed by atoms with Crippen LogP contribution >= 0.6 is 0 Å². The molecule has 1 nitrogen and oxygen atoms in total. The summed E-state index contributed by atoms with van der Waals surface area (Å²) < 4.78 is 0. The van der Waals surface area contributed by atoms with E-state index in [0.717, 1.165) is 0 Å². The minimum Gasteiger partial charge on any atom is -0.369 e. The summed E-state index contributed by atoms with van der Waals surface area (Å²) in [7, 11) is 2.18. The maximum atomic E-state index is 2.36. The van der Waals surface area contributed by atoms with Crippen LogP contribution in [0.1, 0.15) is 47.1 Å². The zero-order valence-electron chi connectivity index (χ0n) is 15.1. The third-order valence-electron chi connectivity index (χ3n) is 4.30. The summed E-state index contributed by atoms with van der Waals surface area (Å²) in [5.74, 6) is 0. The quantitative estimate of drug-likeness (QED) is 0.668. The summed E-state index contributed by atoms with van der Waals surface area (Å²) >= 11 is 0. The van der Waals surface area contributed by atoms with Gasteiger partial charge < -0.3 is 4.90 Å². The van der Waals surface area contributed by atoms with Crippen molar-refractivity contribution < 1.29 is 0 Å². The molecule has 1 heteroatoms. The molecule has 0 unspecified atom stereocenters. The van der Waals surface area contributed by atoms with Crippen molar-refractivity contribution >= 4 is 5.69 Å². The monoisotopic (exact) mass is 295 g/mol. The Morgan fingerprint density at radius 1 is 0.682 bits per heavy atom. The second-order valence-corrected chi connectivity index (χ2v) is 8.04. The molecule has 0 aliphatic heterocycles. The maximum Gasteiger partial charge on any atom is 0.0447 e. The average Bonchev–Trinajstić information content (AvgIpc) is 2.44. The van der Waals surface area contributed by atoms with Gasteiger partial charge in [-0.1, -0.05) is 63.2 Å². The van der Waals surface area contributed by atoms with Gasteiger partial charge in [0.15, 0.2) is 0 Å². The number of hydrogen-bond donors (Lipinski definition) is 0. The van der Waals surface area contributed by atoms with Crippen molar-refractivity contribution in [2.45, 2.75) is 52.5 Å². The Labute approximate surface area is 136 Å². The van der Waals surface area contributed by atoms with Crippen LogP contribution in [0.15, 0.2) is 48.5 Å². The van der Waals surface area contributed by atoms with Gasteiger partial charge in [-0.3, -0.25) is 0 Å². The molecule has 0 N–H and O–H groups in total. The van der Waals surface area contributed by atoms with Crippen molar-refractivity contribution in [1.82, 2.24) is 0 Å². The predicted octanol–water partition coefficient (Wildman–Crippen LogP) is 5.89. The van der Waals surface area contributed by atoms with Crippen molar-refractivity contribution in [3.8, 4) is 11.1 Å². The van der Waals surface area contributed by atoms with E-state index >= 15 is 0 Å². The van der Waals surface area contributed by atoms with E-state index in [-0.39, 0.29) is 11.0 Å². The van der Waals surface area contributed by atoms with Crippen LogP contribution in [0.3, 0.4) is 0 Å². The SMILES string of the molecule is CN(c1ccccc1-c1ccccc1C(C)(C)C)C(C)(C)C. The highest BCUT2D eigenvalue weighted by Gasteiger charge is 2.23. The fraction of sp³-hybridized carbons (Fsp3) is 0.429. The molecule has 0 spiro atoms. The van der Waals surface area contributed by atoms with E-state index in [1.54, 1.807) is 0 Å². The average molecular weight is 295 g/mol. The molecule has 118 valence electrons. The third-order valence-corrected chi connectivity index (χ3v) is 4.30. The fourth-order valence-electron chi connectivity index (χ4n) is 2.73. The van der Waals surface area contributed by atoms with Crippen molar-refractivity contribution in [3.05, 3.63) is 54.1 Å². The van der Waals surface area contributed by atoms with Crippen LogP contribution in [0.5, 0.6) is 0 Å². The van der Waals surface area contributed by atoms with Gasteiger partial charge in [-0.2, -0.15) is 0 Å². The molecule has 0 saturated heterocycles. The summed E-state index contributed by atoms with van der Waals surface area (Å²) in [5, 5.41) is 0. The minimum absolute atomic E-state index is 0.0901. The first-order chi connectivity index (χ1) is 10.1. The first-order valence-electron chi connectivity index (χ1n) is 8.05. The van der Waals surface area contributed by atoms with Gasteiger partial charge >= 0.3 is 0 Å². The molecule has 0 aromatic heterocycles. The Hall–Kier alpha value is -1.76. The highest BCUT2D eigenvalue weighted by atomic mass is 15.2. The van der Waals surface area contributed by atoms with Gasteiger partial charge in [0.25, 0.3) is 0 Å². The van der Waals surface area contributed by atoms with Gasteiger partial charge in [-0.15, -0.1) is 0 Å². The number of rotatable bonds is 2. The van der Waals surface area contributed by atoms with E-state index in [2.05, 4.69) is 102 Å². The van der Waals surface area contributed by atoms with Crippen LogP contribution in [0.25, 0.3) is 11.1 Å². The summed E-state index contributed by atoms with van der Waals surface area (Å²) in [6.07, 6.45) is 0. The molecule has 0 atom stereocenters. The first kappa shape index (κ1) is 16.6. The van der Waals surface area contributed by atoms with Crippen molar-refractivity contribution in [3.63, 3.8) is 0 Å². The standard InChI is InChI=1S/C21H29N/c1-20(2,3)18-14-10-8-12-16(18)17-13-9-11-15-19(17)22(7)21(4,5)6/h8-15H,1-7H3. The second kappa shape index (κ2) is 5.79. The van der Waals surface area contributed by atoms with Gasteiger partial charge in [-0.05, 0) is 43.4 Å². The lowest BCUT2D eigenvalue weighted by Crippen LogP contribution is -2.38. The molecular formula is C21H29N. The normalized spacial score (nSPS) is 12.3. The Kier molecular flexibility index (Phi) is 4.37. The maximum absolute atomic E-state index is 2.36. The molecule has 2 aromatic rings. The first-order valence-corrected chi connectivity index (χ1v) is 8.05. The molecule has 0 amide bonds. The zero-order valence-corrected chi connectivity index (χ0v) is 15.1. The van der Waals surface area contributed by atoms with Crippen molar-refractivity contribution in [1.29, 1.82) is 0 Å². The fourth-order valence-corrected chi connectivity index (χ4v) is 2.73. The predicted molar refractivity (Wildman–Crippen MR) is 98.7 cm³/mol. The number of anilines is 1. The number of nitrogens with zero attached hydrogens (tertiary/aromatic N) is 1. The summed E-state index contributed by atoms with van der Waals surface area (Å²) in [5.41, 5.74) is 5.54. The second-order valence-electron chi connectivity index (χ2n) is 8.04. The smallest absolute Gasteiger partial charge is 0.0447 e. The van der Waals surface area contributed by atoms with E-state index in [0.29, 0.717) is 0 Å². The lowest BCUT2D eigenvalue weighted by Gasteiger charge is -2.36. The van der Waals surface area contributed by atoms with E-state index < -0.39 is 0 Å². The Balaban J connectivity index is 2.66. The molecule has 0 fully saturated rings. The Morgan fingerprint density at radius 3 is 1.73 bits per heavy atom. The van der Waals surface area contributed by atoms with Gasteiger partial charge in [-0.25, -0.2) is 0 Å². The molecule has 2 rings (SSSR count). The van der Waals surface area contributed by atoms with Gasteiger partial charge in [0.05, 0.1) is 0 Å². The lowest BCUT2D eigenvalue weighted by atomic mass is 9.81. The number of hydrogen-bond acceptors (Lipinski definition) is 1. The largest absolute Gasteiger partial charge is 0.369 e. The molecular weight excluding hydrogens is 266 g/mol. The number of para-hydroxylation sites is 1. The highest BCUT2D eigenvalue weighted by molar-refractivity contribution is 5.81. The van der Waals surface area contributed by atoms with Crippen LogP contribution in [0.2, 0.25) is 0 Å². The van der Waals surface area contributed by atoms with Gasteiger partial charge in [0.1, 0.15) is 0 Å². The van der Waals surface area contributed by atoms with Crippen molar-refractivity contribution in [2.75, 3.05) is 11.9 Å². The summed E-state index contributed by atoms with van der Waals surface area (Å²) in [6.45, 7) is 13.6. The molecule has 22 heavy (non-hydrogen) atoms. The Bertz CT molecular complexity index is 641. The highest BCUT2D eigenvalue weighted by Crippen LogP contribution is 2.38. The number of benzene rings is 2. The van der Waals surface area contributed by atoms with Crippen LogP contribution in [0.4, 0.5) is 5.69 Å². The molecule has 0 saturated carbocycles. The minimum atomic E-state index is 0.0901. The molecule has 0 radical (unpaired) electrons. The zero-order chi connectivity index (χ0) is 16.5. The van der Waals surface area contributed by atoms with Crippen LogP contribution in [0, 0.1) is 0 Å².